The third-order valence-electron chi connectivity index (χ3n) is 5.51. The standard InChI is InChI=1S/C27H28N6O2S/c1-18-8-10-22-21(16-18)25(28-12-5-14-34)33-26(31-22)30-19-9-11-23-24(17-19)36-27(32-23)29-13-15-35-20-6-3-2-4-7-20/h2-4,6-11,16-17,34H,5,12-15H2,1H3,(H,29,32)(H2,28,30,31,33). The Bertz CT molecular complexity index is 1460. The van der Waals surface area contributed by atoms with Crippen molar-refractivity contribution in [2.45, 2.75) is 13.3 Å². The summed E-state index contributed by atoms with van der Waals surface area (Å²) in [7, 11) is 0. The maximum absolute atomic E-state index is 9.15. The van der Waals surface area contributed by atoms with E-state index in [0.717, 1.165) is 49.1 Å². The Morgan fingerprint density at radius 1 is 0.889 bits per heavy atom. The number of anilines is 4. The second-order valence-electron chi connectivity index (χ2n) is 8.34. The van der Waals surface area contributed by atoms with Crippen LogP contribution in [0.2, 0.25) is 0 Å². The molecule has 0 spiro atoms. The minimum absolute atomic E-state index is 0.131. The topological polar surface area (TPSA) is 104 Å². The Labute approximate surface area is 213 Å². The molecule has 8 nitrogen and oxygen atoms in total. The minimum atomic E-state index is 0.131. The molecule has 0 amide bonds. The summed E-state index contributed by atoms with van der Waals surface area (Å²) in [5, 5.41) is 21.0. The number of para-hydroxylation sites is 1. The summed E-state index contributed by atoms with van der Waals surface area (Å²) in [5.41, 5.74) is 3.81. The van der Waals surface area contributed by atoms with E-state index in [1.807, 2.05) is 61.5 Å². The van der Waals surface area contributed by atoms with Gasteiger partial charge in [0.1, 0.15) is 18.2 Å². The Kier molecular flexibility index (Phi) is 7.39. The first-order chi connectivity index (χ1) is 17.7. The zero-order chi connectivity index (χ0) is 24.7. The smallest absolute Gasteiger partial charge is 0.229 e. The van der Waals surface area contributed by atoms with Crippen LogP contribution in [0.15, 0.2) is 66.7 Å². The number of hydrogen-bond acceptors (Lipinski definition) is 9. The van der Waals surface area contributed by atoms with E-state index in [-0.39, 0.29) is 6.61 Å². The second-order valence-corrected chi connectivity index (χ2v) is 9.37. The largest absolute Gasteiger partial charge is 0.492 e. The number of benzene rings is 3. The lowest BCUT2D eigenvalue weighted by molar-refractivity contribution is 0.292. The Morgan fingerprint density at radius 2 is 1.75 bits per heavy atom. The molecule has 5 rings (SSSR count). The van der Waals surface area contributed by atoms with Gasteiger partial charge in [0.25, 0.3) is 0 Å². The van der Waals surface area contributed by atoms with E-state index >= 15 is 0 Å². The lowest BCUT2D eigenvalue weighted by Crippen LogP contribution is -2.11. The van der Waals surface area contributed by atoms with Crippen LogP contribution in [0, 0.1) is 6.92 Å². The maximum Gasteiger partial charge on any atom is 0.229 e. The molecule has 2 aromatic heterocycles. The van der Waals surface area contributed by atoms with Crippen molar-refractivity contribution in [3.05, 3.63) is 72.3 Å². The molecule has 5 aromatic rings. The zero-order valence-corrected chi connectivity index (χ0v) is 20.8. The van der Waals surface area contributed by atoms with Crippen LogP contribution in [0.3, 0.4) is 0 Å². The fourth-order valence-corrected chi connectivity index (χ4v) is 4.70. The highest BCUT2D eigenvalue weighted by molar-refractivity contribution is 7.22. The Morgan fingerprint density at radius 3 is 2.61 bits per heavy atom. The highest BCUT2D eigenvalue weighted by atomic mass is 32.1. The van der Waals surface area contributed by atoms with Gasteiger partial charge in [0.2, 0.25) is 5.95 Å². The average molecular weight is 501 g/mol. The van der Waals surface area contributed by atoms with Gasteiger partial charge in [-0.05, 0) is 55.8 Å². The molecular weight excluding hydrogens is 472 g/mol. The van der Waals surface area contributed by atoms with Gasteiger partial charge >= 0.3 is 0 Å². The molecule has 0 atom stereocenters. The number of fused-ring (bicyclic) bond motifs is 2. The van der Waals surface area contributed by atoms with Gasteiger partial charge in [-0.25, -0.2) is 9.97 Å². The molecule has 0 radical (unpaired) electrons. The van der Waals surface area contributed by atoms with Gasteiger partial charge in [0, 0.05) is 24.2 Å². The van der Waals surface area contributed by atoms with Gasteiger partial charge in [-0.15, -0.1) is 0 Å². The summed E-state index contributed by atoms with van der Waals surface area (Å²) >= 11 is 1.59. The van der Waals surface area contributed by atoms with Crippen LogP contribution in [0.4, 0.5) is 22.6 Å². The fourth-order valence-electron chi connectivity index (χ4n) is 3.77. The quantitative estimate of drug-likeness (QED) is 0.174. The second kappa shape index (κ2) is 11.2. The molecule has 184 valence electrons. The molecule has 2 heterocycles. The first-order valence-electron chi connectivity index (χ1n) is 11.9. The van der Waals surface area contributed by atoms with E-state index < -0.39 is 0 Å². The summed E-state index contributed by atoms with van der Waals surface area (Å²) in [5.74, 6) is 2.12. The lowest BCUT2D eigenvalue weighted by atomic mass is 10.1. The predicted molar refractivity (Wildman–Crippen MR) is 148 cm³/mol. The van der Waals surface area contributed by atoms with Gasteiger partial charge in [0.05, 0.1) is 22.3 Å². The summed E-state index contributed by atoms with van der Waals surface area (Å²) in [4.78, 5) is 14.1. The molecule has 0 aliphatic heterocycles. The van der Waals surface area contributed by atoms with Gasteiger partial charge in [-0.3, -0.25) is 0 Å². The SMILES string of the molecule is Cc1ccc2nc(Nc3ccc4nc(NCCOc5ccccc5)sc4c3)nc(NCCCO)c2c1. The normalized spacial score (nSPS) is 11.1. The molecule has 4 N–H and O–H groups in total. The number of ether oxygens (including phenoxy) is 1. The Balaban J connectivity index is 1.28. The molecule has 0 aliphatic carbocycles. The van der Waals surface area contributed by atoms with E-state index in [9.17, 15) is 0 Å². The molecule has 0 saturated heterocycles. The van der Waals surface area contributed by atoms with E-state index in [0.29, 0.717) is 32.1 Å². The molecule has 36 heavy (non-hydrogen) atoms. The number of aliphatic hydroxyl groups excluding tert-OH is 1. The summed E-state index contributed by atoms with van der Waals surface area (Å²) in [6, 6.07) is 21.9. The molecule has 3 aromatic carbocycles. The van der Waals surface area contributed by atoms with E-state index in [4.69, 9.17) is 19.8 Å². The average Bonchev–Trinajstić information content (AvgIpc) is 3.30. The maximum atomic E-state index is 9.15. The van der Waals surface area contributed by atoms with Crippen LogP contribution < -0.4 is 20.7 Å². The molecule has 0 fully saturated rings. The molecular formula is C27H28N6O2S. The van der Waals surface area contributed by atoms with Crippen LogP contribution in [0.5, 0.6) is 5.75 Å². The Hall–Kier alpha value is -3.95. The highest BCUT2D eigenvalue weighted by Gasteiger charge is 2.10. The molecule has 0 aliphatic rings. The molecule has 0 unspecified atom stereocenters. The van der Waals surface area contributed by atoms with Crippen molar-refractivity contribution in [2.75, 3.05) is 42.3 Å². The van der Waals surface area contributed by atoms with Crippen molar-refractivity contribution in [1.29, 1.82) is 0 Å². The highest BCUT2D eigenvalue weighted by Crippen LogP contribution is 2.30. The number of aromatic nitrogens is 3. The van der Waals surface area contributed by atoms with Gasteiger partial charge in [0.15, 0.2) is 5.13 Å². The van der Waals surface area contributed by atoms with Crippen LogP contribution in [-0.4, -0.2) is 46.4 Å². The van der Waals surface area contributed by atoms with E-state index in [1.165, 1.54) is 0 Å². The van der Waals surface area contributed by atoms with Crippen LogP contribution >= 0.6 is 11.3 Å². The van der Waals surface area contributed by atoms with Gasteiger partial charge in [-0.1, -0.05) is 41.2 Å². The van der Waals surface area contributed by atoms with E-state index in [1.54, 1.807) is 11.3 Å². The minimum Gasteiger partial charge on any atom is -0.492 e. The van der Waals surface area contributed by atoms with Gasteiger partial charge < -0.3 is 25.8 Å². The summed E-state index contributed by atoms with van der Waals surface area (Å²) < 4.78 is 6.80. The number of nitrogens with one attached hydrogen (secondary N) is 3. The van der Waals surface area contributed by atoms with Crippen molar-refractivity contribution in [3.63, 3.8) is 0 Å². The van der Waals surface area contributed by atoms with Crippen molar-refractivity contribution in [3.8, 4) is 5.75 Å². The third-order valence-corrected chi connectivity index (χ3v) is 6.49. The predicted octanol–water partition coefficient (Wildman–Crippen LogP) is 5.58. The van der Waals surface area contributed by atoms with Crippen LogP contribution in [0.25, 0.3) is 21.1 Å². The number of nitrogens with zero attached hydrogens (tertiary/aromatic N) is 3. The lowest BCUT2D eigenvalue weighted by Gasteiger charge is -2.12. The van der Waals surface area contributed by atoms with Gasteiger partial charge in [-0.2, -0.15) is 4.98 Å². The van der Waals surface area contributed by atoms with Crippen molar-refractivity contribution < 1.29 is 9.84 Å². The third kappa shape index (κ3) is 5.81. The molecule has 0 bridgehead atoms. The summed E-state index contributed by atoms with van der Waals surface area (Å²) in [6.07, 6.45) is 0.650. The first kappa shape index (κ1) is 23.8. The number of thiazole rings is 1. The summed E-state index contributed by atoms with van der Waals surface area (Å²) in [6.45, 7) is 4.03. The van der Waals surface area contributed by atoms with Crippen molar-refractivity contribution in [1.82, 2.24) is 15.0 Å². The first-order valence-corrected chi connectivity index (χ1v) is 12.7. The fraction of sp³-hybridized carbons (Fsp3) is 0.222. The number of aliphatic hydroxyl groups is 1. The molecule has 9 heteroatoms. The number of rotatable bonds is 11. The van der Waals surface area contributed by atoms with Crippen molar-refractivity contribution >= 4 is 55.0 Å². The zero-order valence-electron chi connectivity index (χ0n) is 20.0. The van der Waals surface area contributed by atoms with Crippen molar-refractivity contribution in [2.24, 2.45) is 0 Å². The van der Waals surface area contributed by atoms with E-state index in [2.05, 4.69) is 33.1 Å². The number of hydrogen-bond donors (Lipinski definition) is 4. The number of aryl methyl sites for hydroxylation is 1. The molecule has 0 saturated carbocycles. The van der Waals surface area contributed by atoms with Crippen LogP contribution in [0.1, 0.15) is 12.0 Å². The monoisotopic (exact) mass is 500 g/mol. The van der Waals surface area contributed by atoms with Crippen LogP contribution in [-0.2, 0) is 0 Å².